The minimum atomic E-state index is 0.157. The summed E-state index contributed by atoms with van der Waals surface area (Å²) >= 11 is 0. The molecule has 0 bridgehead atoms. The van der Waals surface area contributed by atoms with Crippen molar-refractivity contribution in [3.63, 3.8) is 0 Å². The molecule has 0 saturated carbocycles. The molecule has 0 heterocycles. The average Bonchev–Trinajstić information content (AvgIpc) is 2.31. The standard InChI is InChI=1S/C12H19NO2/c1-2-11(10-13)14-8-9-15-12-6-4-3-5-7-12/h3-7,11H,2,8-10,13H2,1H3. The molecule has 0 aliphatic heterocycles. The van der Waals surface area contributed by atoms with Crippen LogP contribution in [0.15, 0.2) is 30.3 Å². The van der Waals surface area contributed by atoms with E-state index in [1.54, 1.807) is 0 Å². The van der Waals surface area contributed by atoms with Crippen molar-refractivity contribution in [1.82, 2.24) is 0 Å². The Bertz CT molecular complexity index is 247. The minimum Gasteiger partial charge on any atom is -0.491 e. The normalized spacial score (nSPS) is 12.4. The Kier molecular flexibility index (Phi) is 5.81. The van der Waals surface area contributed by atoms with Gasteiger partial charge in [0.1, 0.15) is 12.4 Å². The summed E-state index contributed by atoms with van der Waals surface area (Å²) in [6.07, 6.45) is 1.10. The van der Waals surface area contributed by atoms with Crippen LogP contribution in [0, 0.1) is 0 Å². The number of para-hydroxylation sites is 1. The van der Waals surface area contributed by atoms with Gasteiger partial charge >= 0.3 is 0 Å². The summed E-state index contributed by atoms with van der Waals surface area (Å²) < 4.78 is 11.0. The first-order chi connectivity index (χ1) is 7.36. The van der Waals surface area contributed by atoms with Gasteiger partial charge in [0.2, 0.25) is 0 Å². The van der Waals surface area contributed by atoms with E-state index in [0.29, 0.717) is 19.8 Å². The van der Waals surface area contributed by atoms with Crippen LogP contribution in [-0.2, 0) is 4.74 Å². The molecule has 15 heavy (non-hydrogen) atoms. The second kappa shape index (κ2) is 7.26. The van der Waals surface area contributed by atoms with Crippen LogP contribution in [0.5, 0.6) is 5.75 Å². The molecule has 0 fully saturated rings. The van der Waals surface area contributed by atoms with Crippen LogP contribution in [0.25, 0.3) is 0 Å². The molecule has 1 aromatic rings. The number of benzene rings is 1. The highest BCUT2D eigenvalue weighted by molar-refractivity contribution is 5.20. The third kappa shape index (κ3) is 4.81. The van der Waals surface area contributed by atoms with E-state index in [0.717, 1.165) is 12.2 Å². The van der Waals surface area contributed by atoms with Gasteiger partial charge in [0.05, 0.1) is 12.7 Å². The van der Waals surface area contributed by atoms with E-state index >= 15 is 0 Å². The fourth-order valence-electron chi connectivity index (χ4n) is 1.24. The Hall–Kier alpha value is -1.06. The Morgan fingerprint density at radius 2 is 1.93 bits per heavy atom. The molecule has 2 N–H and O–H groups in total. The average molecular weight is 209 g/mol. The smallest absolute Gasteiger partial charge is 0.119 e. The zero-order chi connectivity index (χ0) is 10.9. The van der Waals surface area contributed by atoms with Gasteiger partial charge in [-0.3, -0.25) is 0 Å². The molecule has 3 heteroatoms. The van der Waals surface area contributed by atoms with E-state index in [1.165, 1.54) is 0 Å². The monoisotopic (exact) mass is 209 g/mol. The van der Waals surface area contributed by atoms with E-state index in [-0.39, 0.29) is 6.10 Å². The summed E-state index contributed by atoms with van der Waals surface area (Å²) in [6.45, 7) is 3.79. The highest BCUT2D eigenvalue weighted by Crippen LogP contribution is 2.07. The second-order valence-electron chi connectivity index (χ2n) is 3.30. The third-order valence-electron chi connectivity index (χ3n) is 2.17. The third-order valence-corrected chi connectivity index (χ3v) is 2.17. The second-order valence-corrected chi connectivity index (χ2v) is 3.30. The Balaban J connectivity index is 2.12. The fourth-order valence-corrected chi connectivity index (χ4v) is 1.24. The van der Waals surface area contributed by atoms with Crippen molar-refractivity contribution in [2.45, 2.75) is 19.4 Å². The van der Waals surface area contributed by atoms with Gasteiger partial charge in [0.15, 0.2) is 0 Å². The van der Waals surface area contributed by atoms with Crippen LogP contribution >= 0.6 is 0 Å². The van der Waals surface area contributed by atoms with Crippen LogP contribution in [-0.4, -0.2) is 25.9 Å². The molecule has 0 spiro atoms. The van der Waals surface area contributed by atoms with Crippen molar-refractivity contribution in [1.29, 1.82) is 0 Å². The number of ether oxygens (including phenoxy) is 2. The highest BCUT2D eigenvalue weighted by atomic mass is 16.5. The van der Waals surface area contributed by atoms with Crippen molar-refractivity contribution in [3.05, 3.63) is 30.3 Å². The fraction of sp³-hybridized carbons (Fsp3) is 0.500. The molecule has 1 unspecified atom stereocenters. The lowest BCUT2D eigenvalue weighted by molar-refractivity contribution is 0.0369. The number of rotatable bonds is 7. The van der Waals surface area contributed by atoms with E-state index < -0.39 is 0 Å². The van der Waals surface area contributed by atoms with E-state index in [4.69, 9.17) is 15.2 Å². The first-order valence-corrected chi connectivity index (χ1v) is 5.36. The molecular formula is C12H19NO2. The number of hydrogen-bond donors (Lipinski definition) is 1. The van der Waals surface area contributed by atoms with Crippen molar-refractivity contribution in [3.8, 4) is 5.75 Å². The molecule has 84 valence electrons. The van der Waals surface area contributed by atoms with Crippen molar-refractivity contribution in [2.24, 2.45) is 5.73 Å². The van der Waals surface area contributed by atoms with Gasteiger partial charge in [0.25, 0.3) is 0 Å². The van der Waals surface area contributed by atoms with Gasteiger partial charge in [-0.1, -0.05) is 25.1 Å². The van der Waals surface area contributed by atoms with Gasteiger partial charge in [-0.2, -0.15) is 0 Å². The zero-order valence-corrected chi connectivity index (χ0v) is 9.19. The number of nitrogens with two attached hydrogens (primary N) is 1. The topological polar surface area (TPSA) is 44.5 Å². The largest absolute Gasteiger partial charge is 0.491 e. The Morgan fingerprint density at radius 3 is 2.53 bits per heavy atom. The van der Waals surface area contributed by atoms with Crippen molar-refractivity contribution >= 4 is 0 Å². The highest BCUT2D eigenvalue weighted by Gasteiger charge is 2.02. The lowest BCUT2D eigenvalue weighted by atomic mass is 10.3. The molecule has 3 nitrogen and oxygen atoms in total. The molecule has 1 rings (SSSR count). The maximum absolute atomic E-state index is 5.51. The van der Waals surface area contributed by atoms with Gasteiger partial charge in [-0.05, 0) is 18.6 Å². The molecule has 0 aliphatic rings. The van der Waals surface area contributed by atoms with Gasteiger partial charge in [-0.25, -0.2) is 0 Å². The predicted octanol–water partition coefficient (Wildman–Crippen LogP) is 1.82. The van der Waals surface area contributed by atoms with Crippen molar-refractivity contribution < 1.29 is 9.47 Å². The molecule has 0 aromatic heterocycles. The van der Waals surface area contributed by atoms with Crippen LogP contribution in [0.1, 0.15) is 13.3 Å². The van der Waals surface area contributed by atoms with E-state index in [1.807, 2.05) is 30.3 Å². The van der Waals surface area contributed by atoms with Crippen LogP contribution < -0.4 is 10.5 Å². The Labute approximate surface area is 91.2 Å². The van der Waals surface area contributed by atoms with Crippen LogP contribution in [0.4, 0.5) is 0 Å². The summed E-state index contributed by atoms with van der Waals surface area (Å²) in [4.78, 5) is 0. The molecule has 0 saturated heterocycles. The van der Waals surface area contributed by atoms with E-state index in [2.05, 4.69) is 6.92 Å². The maximum Gasteiger partial charge on any atom is 0.119 e. The molecule has 1 atom stereocenters. The summed E-state index contributed by atoms with van der Waals surface area (Å²) in [5.74, 6) is 0.877. The molecule has 0 amide bonds. The molecule has 0 radical (unpaired) electrons. The first-order valence-electron chi connectivity index (χ1n) is 5.36. The van der Waals surface area contributed by atoms with Gasteiger partial charge in [-0.15, -0.1) is 0 Å². The number of hydrogen-bond acceptors (Lipinski definition) is 3. The molecular weight excluding hydrogens is 190 g/mol. The van der Waals surface area contributed by atoms with Crippen LogP contribution in [0.2, 0.25) is 0 Å². The lowest BCUT2D eigenvalue weighted by Gasteiger charge is -2.13. The molecule has 0 aliphatic carbocycles. The minimum absolute atomic E-state index is 0.157. The summed E-state index contributed by atoms with van der Waals surface area (Å²) in [6, 6.07) is 9.72. The SMILES string of the molecule is CCC(CN)OCCOc1ccccc1. The summed E-state index contributed by atoms with van der Waals surface area (Å²) in [7, 11) is 0. The van der Waals surface area contributed by atoms with Crippen molar-refractivity contribution in [2.75, 3.05) is 19.8 Å². The molecule has 1 aromatic carbocycles. The van der Waals surface area contributed by atoms with Gasteiger partial charge in [0, 0.05) is 6.54 Å². The quantitative estimate of drug-likeness (QED) is 0.697. The lowest BCUT2D eigenvalue weighted by Crippen LogP contribution is -2.24. The van der Waals surface area contributed by atoms with E-state index in [9.17, 15) is 0 Å². The Morgan fingerprint density at radius 1 is 1.20 bits per heavy atom. The van der Waals surface area contributed by atoms with Crippen LogP contribution in [0.3, 0.4) is 0 Å². The predicted molar refractivity (Wildman–Crippen MR) is 61.0 cm³/mol. The van der Waals surface area contributed by atoms with Gasteiger partial charge < -0.3 is 15.2 Å². The summed E-state index contributed by atoms with van der Waals surface area (Å²) in [5, 5.41) is 0. The first kappa shape index (κ1) is 12.0. The maximum atomic E-state index is 5.51. The zero-order valence-electron chi connectivity index (χ0n) is 9.19. The summed E-state index contributed by atoms with van der Waals surface area (Å²) in [5.41, 5.74) is 5.51.